The molecule has 1 aliphatic heterocycles. The van der Waals surface area contributed by atoms with Crippen LogP contribution in [0.3, 0.4) is 0 Å². The van der Waals surface area contributed by atoms with Crippen molar-refractivity contribution in [1.82, 2.24) is 5.32 Å². The van der Waals surface area contributed by atoms with Gasteiger partial charge in [0.15, 0.2) is 6.29 Å². The fraction of sp³-hybridized carbons (Fsp3) is 0.820. The van der Waals surface area contributed by atoms with Crippen LogP contribution in [0.2, 0.25) is 0 Å². The molecule has 1 amide bonds. The van der Waals surface area contributed by atoms with Crippen LogP contribution in [0.4, 0.5) is 0 Å². The number of amides is 1. The summed E-state index contributed by atoms with van der Waals surface area (Å²) in [7, 11) is 0. The molecule has 420 valence electrons. The van der Waals surface area contributed by atoms with Crippen molar-refractivity contribution in [1.29, 1.82) is 0 Å². The lowest BCUT2D eigenvalue weighted by Gasteiger charge is -2.40. The van der Waals surface area contributed by atoms with Crippen molar-refractivity contribution in [3.63, 3.8) is 0 Å². The lowest BCUT2D eigenvalue weighted by molar-refractivity contribution is -0.303. The highest BCUT2D eigenvalue weighted by molar-refractivity contribution is 5.80. The number of carbonyl (C=O) groups excluding carboxylic acids is 1. The fourth-order valence-corrected chi connectivity index (χ4v) is 9.15. The van der Waals surface area contributed by atoms with Gasteiger partial charge in [-0.2, -0.15) is 0 Å². The molecule has 1 rings (SSSR count). The molecule has 0 aromatic rings. The van der Waals surface area contributed by atoms with Gasteiger partial charge in [-0.15, -0.1) is 0 Å². The zero-order valence-corrected chi connectivity index (χ0v) is 45.9. The third-order valence-corrected chi connectivity index (χ3v) is 14.0. The largest absolute Gasteiger partial charge is 0.394 e. The molecule has 1 aliphatic rings. The number of ether oxygens (including phenoxy) is 2. The molecule has 11 nitrogen and oxygen atoms in total. The Labute approximate surface area is 440 Å². The van der Waals surface area contributed by atoms with Gasteiger partial charge < -0.3 is 50.5 Å². The first-order chi connectivity index (χ1) is 35.2. The number of aliphatic hydroxyl groups is 7. The quantitative estimate of drug-likeness (QED) is 0.0215. The molecule has 1 saturated heterocycles. The van der Waals surface area contributed by atoms with Gasteiger partial charge in [-0.1, -0.05) is 216 Å². The van der Waals surface area contributed by atoms with Crippen molar-refractivity contribution in [2.24, 2.45) is 0 Å². The van der Waals surface area contributed by atoms with Gasteiger partial charge in [-0.3, -0.25) is 4.79 Å². The van der Waals surface area contributed by atoms with E-state index in [-0.39, 0.29) is 12.8 Å². The molecule has 1 heterocycles. The van der Waals surface area contributed by atoms with Crippen LogP contribution in [0.1, 0.15) is 251 Å². The molecule has 0 aliphatic carbocycles. The van der Waals surface area contributed by atoms with Crippen molar-refractivity contribution >= 4 is 5.91 Å². The second kappa shape index (κ2) is 49.7. The molecule has 8 N–H and O–H groups in total. The summed E-state index contributed by atoms with van der Waals surface area (Å²) in [6.45, 7) is 3.43. The predicted molar refractivity (Wildman–Crippen MR) is 298 cm³/mol. The third kappa shape index (κ3) is 37.5. The number of hydrogen-bond donors (Lipinski definition) is 8. The molecular formula is C61H111NO10. The normalized spacial score (nSPS) is 20.5. The summed E-state index contributed by atoms with van der Waals surface area (Å²) in [5, 5.41) is 76.1. The van der Waals surface area contributed by atoms with Gasteiger partial charge in [0.1, 0.15) is 36.6 Å². The predicted octanol–water partition coefficient (Wildman–Crippen LogP) is 12.6. The summed E-state index contributed by atoms with van der Waals surface area (Å²) in [5.41, 5.74) is 0. The number of aliphatic hydroxyl groups excluding tert-OH is 7. The van der Waals surface area contributed by atoms with E-state index < -0.39 is 74.2 Å². The Hall–Kier alpha value is -2.19. The number of allylic oxidation sites excluding steroid dienone is 10. The van der Waals surface area contributed by atoms with Crippen LogP contribution >= 0.6 is 0 Å². The second-order valence-electron chi connectivity index (χ2n) is 20.7. The average molecular weight is 1020 g/mol. The number of unbranched alkanes of at least 4 members (excludes halogenated alkanes) is 28. The molecule has 0 aromatic heterocycles. The van der Waals surface area contributed by atoms with Gasteiger partial charge in [-0.25, -0.2) is 0 Å². The van der Waals surface area contributed by atoms with Gasteiger partial charge in [0.2, 0.25) is 5.91 Å². The third-order valence-electron chi connectivity index (χ3n) is 14.0. The molecule has 0 aromatic carbocycles. The molecule has 0 spiro atoms. The standard InChI is InChI=1S/C61H111NO10/c1-3-5-7-9-11-13-15-17-19-21-23-24-25-26-27-28-29-31-33-35-37-39-41-43-45-47-49-54(65)60(70)62-52(51-71-61-59(69)58(68)57(67)55(50-63)72-61)56(66)53(64)48-46-44-42-40-38-36-34-32-30-22-20-18-16-14-12-10-8-6-4-2/h18,20,23-24,26-27,32,34,40,42,52-59,61,63-69H,3-17,19,21-22,25,28-31,33,35-39,41,43-51H2,1-2H3,(H,62,70)/b20-18+,24-23-,27-26-,34-32+,42-40+. The summed E-state index contributed by atoms with van der Waals surface area (Å²) in [4.78, 5) is 13.2. The van der Waals surface area contributed by atoms with Crippen LogP contribution in [0.5, 0.6) is 0 Å². The van der Waals surface area contributed by atoms with Crippen molar-refractivity contribution < 1.29 is 50.0 Å². The number of rotatable bonds is 50. The molecule has 0 bridgehead atoms. The lowest BCUT2D eigenvalue weighted by Crippen LogP contribution is -2.60. The SMILES string of the molecule is CCCCCCCC/C=C/CC/C=C/CC/C=C/CCCC(O)C(O)C(COC1OC(CO)C(O)C(O)C1O)NC(=O)C(O)CCCCCCCCCCCC/C=C\C/C=C\CCCCCCCCCCC. The van der Waals surface area contributed by atoms with Gasteiger partial charge in [-0.05, 0) is 96.3 Å². The molecule has 0 saturated carbocycles. The molecule has 72 heavy (non-hydrogen) atoms. The zero-order chi connectivity index (χ0) is 52.5. The van der Waals surface area contributed by atoms with Crippen molar-refractivity contribution in [3.05, 3.63) is 60.8 Å². The lowest BCUT2D eigenvalue weighted by atomic mass is 9.98. The Balaban J connectivity index is 2.33. The summed E-state index contributed by atoms with van der Waals surface area (Å²) in [5.74, 6) is -0.715. The Morgan fingerprint density at radius 3 is 1.32 bits per heavy atom. The average Bonchev–Trinajstić information content (AvgIpc) is 3.38. The minimum absolute atomic E-state index is 0.238. The van der Waals surface area contributed by atoms with Crippen LogP contribution in [0, 0.1) is 0 Å². The maximum atomic E-state index is 13.2. The summed E-state index contributed by atoms with van der Waals surface area (Å²) >= 11 is 0. The highest BCUT2D eigenvalue weighted by Gasteiger charge is 2.44. The highest BCUT2D eigenvalue weighted by Crippen LogP contribution is 2.23. The summed E-state index contributed by atoms with van der Waals surface area (Å²) < 4.78 is 11.1. The van der Waals surface area contributed by atoms with Crippen LogP contribution in [-0.2, 0) is 14.3 Å². The monoisotopic (exact) mass is 1020 g/mol. The highest BCUT2D eigenvalue weighted by atomic mass is 16.7. The fourth-order valence-electron chi connectivity index (χ4n) is 9.15. The van der Waals surface area contributed by atoms with E-state index in [4.69, 9.17) is 9.47 Å². The molecule has 11 heteroatoms. The van der Waals surface area contributed by atoms with E-state index in [1.54, 1.807) is 0 Å². The first-order valence-corrected chi connectivity index (χ1v) is 29.7. The number of nitrogens with one attached hydrogen (secondary N) is 1. The Morgan fingerprint density at radius 2 is 0.875 bits per heavy atom. The molecule has 9 unspecified atom stereocenters. The van der Waals surface area contributed by atoms with E-state index in [1.165, 1.54) is 148 Å². The number of carbonyl (C=O) groups is 1. The van der Waals surface area contributed by atoms with Crippen LogP contribution in [-0.4, -0.2) is 110 Å². The van der Waals surface area contributed by atoms with Crippen LogP contribution in [0.15, 0.2) is 60.8 Å². The molecule has 1 fully saturated rings. The van der Waals surface area contributed by atoms with E-state index in [1.807, 2.05) is 0 Å². The van der Waals surface area contributed by atoms with Gasteiger partial charge in [0.05, 0.1) is 25.4 Å². The Kier molecular flexibility index (Phi) is 46.8. The van der Waals surface area contributed by atoms with E-state index in [0.29, 0.717) is 19.3 Å². The minimum Gasteiger partial charge on any atom is -0.394 e. The summed E-state index contributed by atoms with van der Waals surface area (Å²) in [6, 6.07) is -1.20. The van der Waals surface area contributed by atoms with E-state index in [2.05, 4.69) is 79.9 Å². The van der Waals surface area contributed by atoms with Crippen LogP contribution < -0.4 is 5.32 Å². The van der Waals surface area contributed by atoms with E-state index in [9.17, 15) is 40.5 Å². The number of hydrogen-bond acceptors (Lipinski definition) is 10. The van der Waals surface area contributed by atoms with Crippen molar-refractivity contribution in [2.45, 2.75) is 306 Å². The molecule has 0 radical (unpaired) electrons. The van der Waals surface area contributed by atoms with Crippen molar-refractivity contribution in [2.75, 3.05) is 13.2 Å². The zero-order valence-electron chi connectivity index (χ0n) is 45.9. The van der Waals surface area contributed by atoms with E-state index in [0.717, 1.165) is 57.8 Å². The first-order valence-electron chi connectivity index (χ1n) is 29.7. The van der Waals surface area contributed by atoms with E-state index >= 15 is 0 Å². The maximum absolute atomic E-state index is 13.2. The molecule has 9 atom stereocenters. The molecular weight excluding hydrogens is 907 g/mol. The summed E-state index contributed by atoms with van der Waals surface area (Å²) in [6.07, 6.45) is 52.7. The maximum Gasteiger partial charge on any atom is 0.249 e. The first kappa shape index (κ1) is 67.8. The Morgan fingerprint density at radius 1 is 0.486 bits per heavy atom. The smallest absolute Gasteiger partial charge is 0.249 e. The topological polar surface area (TPSA) is 189 Å². The van der Waals surface area contributed by atoms with Gasteiger partial charge >= 0.3 is 0 Å². The van der Waals surface area contributed by atoms with Gasteiger partial charge in [0.25, 0.3) is 0 Å². The van der Waals surface area contributed by atoms with Gasteiger partial charge in [0, 0.05) is 0 Å². The Bertz CT molecular complexity index is 1350. The van der Waals surface area contributed by atoms with Crippen molar-refractivity contribution in [3.8, 4) is 0 Å². The second-order valence-corrected chi connectivity index (χ2v) is 20.7. The minimum atomic E-state index is -1.68. The van der Waals surface area contributed by atoms with Crippen LogP contribution in [0.25, 0.3) is 0 Å².